The average Bonchev–Trinajstić information content (AvgIpc) is 2.78. The van der Waals surface area contributed by atoms with Gasteiger partial charge in [0.25, 0.3) is 0 Å². The first-order valence-corrected chi connectivity index (χ1v) is 6.23. The Morgan fingerprint density at radius 2 is 1.89 bits per heavy atom. The standard InChI is InChI=1S/C16H15NO/c1-11-9-14-10-13(7-8-15(14)17-11)16(18)12-5-3-2-4-6-12/h2-8,10-11,17H,9H2,1H3. The Morgan fingerprint density at radius 3 is 2.67 bits per heavy atom. The SMILES string of the molecule is CC1Cc2cc(C(=O)c3ccccc3)ccc2N1. The minimum absolute atomic E-state index is 0.0953. The van der Waals surface area contributed by atoms with Gasteiger partial charge in [-0.2, -0.15) is 0 Å². The van der Waals surface area contributed by atoms with Crippen LogP contribution in [0.5, 0.6) is 0 Å². The van der Waals surface area contributed by atoms with Crippen LogP contribution in [0, 0.1) is 0 Å². The molecule has 0 aliphatic carbocycles. The van der Waals surface area contributed by atoms with Crippen LogP contribution >= 0.6 is 0 Å². The van der Waals surface area contributed by atoms with Gasteiger partial charge in [0, 0.05) is 22.9 Å². The van der Waals surface area contributed by atoms with E-state index in [2.05, 4.69) is 12.2 Å². The molecule has 2 nitrogen and oxygen atoms in total. The first-order valence-electron chi connectivity index (χ1n) is 6.23. The summed E-state index contributed by atoms with van der Waals surface area (Å²) in [6.45, 7) is 2.15. The quantitative estimate of drug-likeness (QED) is 0.812. The lowest BCUT2D eigenvalue weighted by atomic mass is 10.00. The topological polar surface area (TPSA) is 29.1 Å². The largest absolute Gasteiger partial charge is 0.382 e. The molecule has 0 radical (unpaired) electrons. The monoisotopic (exact) mass is 237 g/mol. The third kappa shape index (κ3) is 1.90. The van der Waals surface area contributed by atoms with Crippen molar-refractivity contribution in [2.45, 2.75) is 19.4 Å². The van der Waals surface area contributed by atoms with E-state index in [9.17, 15) is 4.79 Å². The molecule has 0 bridgehead atoms. The molecule has 2 aromatic rings. The number of hydrogen-bond acceptors (Lipinski definition) is 2. The first kappa shape index (κ1) is 11.0. The number of rotatable bonds is 2. The zero-order chi connectivity index (χ0) is 12.5. The molecule has 0 saturated heterocycles. The summed E-state index contributed by atoms with van der Waals surface area (Å²) < 4.78 is 0. The summed E-state index contributed by atoms with van der Waals surface area (Å²) in [7, 11) is 0. The first-order chi connectivity index (χ1) is 8.74. The molecule has 2 aromatic carbocycles. The highest BCUT2D eigenvalue weighted by molar-refractivity contribution is 6.09. The molecule has 90 valence electrons. The van der Waals surface area contributed by atoms with Crippen LogP contribution in [0.4, 0.5) is 5.69 Å². The van der Waals surface area contributed by atoms with Gasteiger partial charge in [0.2, 0.25) is 0 Å². The fourth-order valence-electron chi connectivity index (χ4n) is 2.45. The maximum Gasteiger partial charge on any atom is 0.193 e. The maximum atomic E-state index is 12.3. The Morgan fingerprint density at radius 1 is 1.11 bits per heavy atom. The van der Waals surface area contributed by atoms with E-state index in [-0.39, 0.29) is 5.78 Å². The number of ketones is 1. The van der Waals surface area contributed by atoms with Gasteiger partial charge in [-0.15, -0.1) is 0 Å². The zero-order valence-electron chi connectivity index (χ0n) is 10.3. The number of hydrogen-bond donors (Lipinski definition) is 1. The lowest BCUT2D eigenvalue weighted by molar-refractivity contribution is 0.103. The zero-order valence-corrected chi connectivity index (χ0v) is 10.3. The molecule has 0 saturated carbocycles. The van der Waals surface area contributed by atoms with Gasteiger partial charge in [-0.1, -0.05) is 30.3 Å². The fourth-order valence-corrected chi connectivity index (χ4v) is 2.45. The molecule has 3 rings (SSSR count). The maximum absolute atomic E-state index is 12.3. The van der Waals surface area contributed by atoms with Crippen LogP contribution < -0.4 is 5.32 Å². The second-order valence-electron chi connectivity index (χ2n) is 4.82. The summed E-state index contributed by atoms with van der Waals surface area (Å²) in [5.41, 5.74) is 3.92. The Hall–Kier alpha value is -2.09. The van der Waals surface area contributed by atoms with Gasteiger partial charge >= 0.3 is 0 Å². The van der Waals surface area contributed by atoms with E-state index in [0.717, 1.165) is 23.2 Å². The third-order valence-corrected chi connectivity index (χ3v) is 3.33. The van der Waals surface area contributed by atoms with Crippen LogP contribution in [-0.2, 0) is 6.42 Å². The highest BCUT2D eigenvalue weighted by Gasteiger charge is 2.18. The molecule has 0 aromatic heterocycles. The second kappa shape index (κ2) is 4.30. The summed E-state index contributed by atoms with van der Waals surface area (Å²) in [4.78, 5) is 12.3. The molecule has 1 heterocycles. The van der Waals surface area contributed by atoms with Gasteiger partial charge in [0.05, 0.1) is 0 Å². The summed E-state index contributed by atoms with van der Waals surface area (Å²) in [6, 6.07) is 15.8. The van der Waals surface area contributed by atoms with Crippen molar-refractivity contribution >= 4 is 11.5 Å². The number of carbonyl (C=O) groups excluding carboxylic acids is 1. The molecule has 1 N–H and O–H groups in total. The fraction of sp³-hybridized carbons (Fsp3) is 0.188. The van der Waals surface area contributed by atoms with Crippen molar-refractivity contribution < 1.29 is 4.79 Å². The second-order valence-corrected chi connectivity index (χ2v) is 4.82. The Balaban J connectivity index is 1.95. The molecule has 0 fully saturated rings. The number of benzene rings is 2. The van der Waals surface area contributed by atoms with E-state index in [1.54, 1.807) is 0 Å². The van der Waals surface area contributed by atoms with E-state index in [1.807, 2.05) is 48.5 Å². The highest BCUT2D eigenvalue weighted by Crippen LogP contribution is 2.27. The van der Waals surface area contributed by atoms with Crippen LogP contribution in [-0.4, -0.2) is 11.8 Å². The number of carbonyl (C=O) groups is 1. The van der Waals surface area contributed by atoms with Crippen LogP contribution in [0.25, 0.3) is 0 Å². The van der Waals surface area contributed by atoms with Gasteiger partial charge in [0.1, 0.15) is 0 Å². The summed E-state index contributed by atoms with van der Waals surface area (Å²) in [5.74, 6) is 0.0953. The van der Waals surface area contributed by atoms with Gasteiger partial charge in [-0.25, -0.2) is 0 Å². The molecular formula is C16H15NO. The smallest absolute Gasteiger partial charge is 0.193 e. The highest BCUT2D eigenvalue weighted by atomic mass is 16.1. The molecule has 1 unspecified atom stereocenters. The van der Waals surface area contributed by atoms with E-state index < -0.39 is 0 Å². The lowest BCUT2D eigenvalue weighted by Crippen LogP contribution is -2.08. The molecule has 0 spiro atoms. The summed E-state index contributed by atoms with van der Waals surface area (Å²) in [5, 5.41) is 3.39. The summed E-state index contributed by atoms with van der Waals surface area (Å²) in [6.07, 6.45) is 0.991. The molecule has 1 atom stereocenters. The Bertz CT molecular complexity index is 589. The Labute approximate surface area is 107 Å². The molecular weight excluding hydrogens is 222 g/mol. The molecule has 1 aliphatic heterocycles. The van der Waals surface area contributed by atoms with E-state index in [0.29, 0.717) is 6.04 Å². The number of fused-ring (bicyclic) bond motifs is 1. The van der Waals surface area contributed by atoms with Crippen molar-refractivity contribution in [2.24, 2.45) is 0 Å². The van der Waals surface area contributed by atoms with Crippen molar-refractivity contribution in [3.05, 3.63) is 65.2 Å². The van der Waals surface area contributed by atoms with Crippen molar-refractivity contribution in [3.63, 3.8) is 0 Å². The predicted molar refractivity (Wildman–Crippen MR) is 73.1 cm³/mol. The van der Waals surface area contributed by atoms with E-state index in [4.69, 9.17) is 0 Å². The van der Waals surface area contributed by atoms with Crippen LogP contribution in [0.15, 0.2) is 48.5 Å². The van der Waals surface area contributed by atoms with Gasteiger partial charge in [0.15, 0.2) is 5.78 Å². The van der Waals surface area contributed by atoms with Crippen LogP contribution in [0.3, 0.4) is 0 Å². The molecule has 2 heteroatoms. The van der Waals surface area contributed by atoms with Crippen molar-refractivity contribution in [3.8, 4) is 0 Å². The lowest BCUT2D eigenvalue weighted by Gasteiger charge is -2.04. The average molecular weight is 237 g/mol. The van der Waals surface area contributed by atoms with Gasteiger partial charge < -0.3 is 5.32 Å². The van der Waals surface area contributed by atoms with Crippen molar-refractivity contribution in [2.75, 3.05) is 5.32 Å². The minimum Gasteiger partial charge on any atom is -0.382 e. The number of anilines is 1. The van der Waals surface area contributed by atoms with E-state index >= 15 is 0 Å². The van der Waals surface area contributed by atoms with Crippen molar-refractivity contribution in [1.29, 1.82) is 0 Å². The Kier molecular flexibility index (Phi) is 2.63. The number of nitrogens with one attached hydrogen (secondary N) is 1. The van der Waals surface area contributed by atoms with Crippen LogP contribution in [0.2, 0.25) is 0 Å². The molecule has 18 heavy (non-hydrogen) atoms. The van der Waals surface area contributed by atoms with Gasteiger partial charge in [-0.3, -0.25) is 4.79 Å². The minimum atomic E-state index is 0.0953. The van der Waals surface area contributed by atoms with Gasteiger partial charge in [-0.05, 0) is 37.1 Å². The molecule has 0 amide bonds. The third-order valence-electron chi connectivity index (χ3n) is 3.33. The van der Waals surface area contributed by atoms with Crippen LogP contribution in [0.1, 0.15) is 28.4 Å². The van der Waals surface area contributed by atoms with E-state index in [1.165, 1.54) is 5.56 Å². The predicted octanol–water partition coefficient (Wildman–Crippen LogP) is 3.27. The normalized spacial score (nSPS) is 17.1. The molecule has 1 aliphatic rings. The van der Waals surface area contributed by atoms with Crippen molar-refractivity contribution in [1.82, 2.24) is 0 Å². The summed E-state index contributed by atoms with van der Waals surface area (Å²) >= 11 is 0.